The number of imidazole rings is 1. The molecule has 0 saturated carbocycles. The molecule has 0 spiro atoms. The number of hydrogen-bond donors (Lipinski definition) is 1. The Bertz CT molecular complexity index is 765. The Hall–Kier alpha value is -1.71. The number of aryl methyl sites for hydroxylation is 1. The van der Waals surface area contributed by atoms with Gasteiger partial charge in [0.2, 0.25) is 0 Å². The third-order valence-electron chi connectivity index (χ3n) is 3.21. The molecule has 102 valence electrons. The predicted molar refractivity (Wildman–Crippen MR) is 83.7 cm³/mol. The summed E-state index contributed by atoms with van der Waals surface area (Å²) in [4.78, 5) is 4.53. The zero-order chi connectivity index (χ0) is 14.1. The maximum atomic E-state index is 6.01. The predicted octanol–water partition coefficient (Wildman–Crippen LogP) is 4.56. The van der Waals surface area contributed by atoms with Crippen LogP contribution in [0.5, 0.6) is 0 Å². The van der Waals surface area contributed by atoms with E-state index >= 15 is 0 Å². The van der Waals surface area contributed by atoms with Gasteiger partial charge in [0.25, 0.3) is 0 Å². The molecular formula is C15H13Cl2N3. The van der Waals surface area contributed by atoms with E-state index in [2.05, 4.69) is 14.7 Å². The second kappa shape index (κ2) is 5.35. The summed E-state index contributed by atoms with van der Waals surface area (Å²) in [6.45, 7) is 2.69. The highest BCUT2D eigenvalue weighted by molar-refractivity contribution is 6.42. The first kappa shape index (κ1) is 13.3. The van der Waals surface area contributed by atoms with Crippen LogP contribution in [-0.2, 0) is 6.54 Å². The van der Waals surface area contributed by atoms with Gasteiger partial charge in [-0.05, 0) is 37.3 Å². The fourth-order valence-electron chi connectivity index (χ4n) is 2.17. The Morgan fingerprint density at radius 3 is 2.80 bits per heavy atom. The number of hydrogen-bond acceptors (Lipinski definition) is 2. The molecule has 1 N–H and O–H groups in total. The molecule has 1 aromatic carbocycles. The lowest BCUT2D eigenvalue weighted by Gasteiger charge is -2.08. The summed E-state index contributed by atoms with van der Waals surface area (Å²) in [5.41, 5.74) is 4.04. The Balaban J connectivity index is 1.86. The van der Waals surface area contributed by atoms with Gasteiger partial charge in [-0.3, -0.25) is 0 Å². The summed E-state index contributed by atoms with van der Waals surface area (Å²) < 4.78 is 2.08. The third kappa shape index (κ3) is 2.47. The molecule has 0 unspecified atom stereocenters. The molecule has 0 bridgehead atoms. The van der Waals surface area contributed by atoms with Gasteiger partial charge in [0.1, 0.15) is 5.65 Å². The number of benzene rings is 1. The van der Waals surface area contributed by atoms with Crippen LogP contribution in [0.15, 0.2) is 42.6 Å². The van der Waals surface area contributed by atoms with Gasteiger partial charge in [-0.1, -0.05) is 29.3 Å². The molecule has 20 heavy (non-hydrogen) atoms. The maximum Gasteiger partial charge on any atom is 0.137 e. The summed E-state index contributed by atoms with van der Waals surface area (Å²) in [5.74, 6) is 0. The summed E-state index contributed by atoms with van der Waals surface area (Å²) in [5, 5.41) is 4.45. The number of fused-ring (bicyclic) bond motifs is 1. The topological polar surface area (TPSA) is 29.3 Å². The molecule has 2 heterocycles. The SMILES string of the molecule is Cc1nc2ccccn2c1CNc1ccc(Cl)c(Cl)c1. The molecule has 0 saturated heterocycles. The fraction of sp³-hybridized carbons (Fsp3) is 0.133. The summed E-state index contributed by atoms with van der Waals surface area (Å²) in [6.07, 6.45) is 2.02. The van der Waals surface area contributed by atoms with E-state index in [0.29, 0.717) is 16.6 Å². The molecule has 5 heteroatoms. The van der Waals surface area contributed by atoms with Crippen molar-refractivity contribution >= 4 is 34.5 Å². The van der Waals surface area contributed by atoms with Crippen LogP contribution in [0.1, 0.15) is 11.4 Å². The largest absolute Gasteiger partial charge is 0.379 e. The first-order valence-electron chi connectivity index (χ1n) is 6.26. The van der Waals surface area contributed by atoms with Crippen LogP contribution in [0.2, 0.25) is 10.0 Å². The lowest BCUT2D eigenvalue weighted by atomic mass is 10.3. The number of aromatic nitrogens is 2. The first-order chi connectivity index (χ1) is 9.65. The molecule has 3 rings (SSSR count). The average molecular weight is 306 g/mol. The van der Waals surface area contributed by atoms with Crippen molar-refractivity contribution in [2.45, 2.75) is 13.5 Å². The average Bonchev–Trinajstić information content (AvgIpc) is 2.76. The van der Waals surface area contributed by atoms with Crippen molar-refractivity contribution in [1.29, 1.82) is 0 Å². The van der Waals surface area contributed by atoms with E-state index in [1.54, 1.807) is 6.07 Å². The lowest BCUT2D eigenvalue weighted by Crippen LogP contribution is -2.04. The number of rotatable bonds is 3. The van der Waals surface area contributed by atoms with Gasteiger partial charge in [0.15, 0.2) is 0 Å². The molecule has 0 amide bonds. The van der Waals surface area contributed by atoms with E-state index in [-0.39, 0.29) is 0 Å². The van der Waals surface area contributed by atoms with E-state index in [1.165, 1.54) is 0 Å². The zero-order valence-corrected chi connectivity index (χ0v) is 12.4. The van der Waals surface area contributed by atoms with Crippen molar-refractivity contribution in [3.05, 3.63) is 64.0 Å². The van der Waals surface area contributed by atoms with E-state index in [4.69, 9.17) is 23.2 Å². The number of nitrogens with one attached hydrogen (secondary N) is 1. The lowest BCUT2D eigenvalue weighted by molar-refractivity contribution is 0.987. The molecule has 0 atom stereocenters. The molecule has 0 fully saturated rings. The van der Waals surface area contributed by atoms with Crippen molar-refractivity contribution in [3.63, 3.8) is 0 Å². The van der Waals surface area contributed by atoms with Crippen LogP contribution in [0.3, 0.4) is 0 Å². The van der Waals surface area contributed by atoms with Gasteiger partial charge < -0.3 is 9.72 Å². The zero-order valence-electron chi connectivity index (χ0n) is 10.9. The quantitative estimate of drug-likeness (QED) is 0.768. The second-order valence-electron chi connectivity index (χ2n) is 4.56. The minimum atomic E-state index is 0.548. The van der Waals surface area contributed by atoms with Crippen LogP contribution in [0.4, 0.5) is 5.69 Å². The fourth-order valence-corrected chi connectivity index (χ4v) is 2.47. The van der Waals surface area contributed by atoms with Crippen LogP contribution >= 0.6 is 23.2 Å². The van der Waals surface area contributed by atoms with Crippen molar-refractivity contribution in [1.82, 2.24) is 9.38 Å². The summed E-state index contributed by atoms with van der Waals surface area (Å²) in [7, 11) is 0. The smallest absolute Gasteiger partial charge is 0.137 e. The Morgan fingerprint density at radius 2 is 2.00 bits per heavy atom. The van der Waals surface area contributed by atoms with E-state index < -0.39 is 0 Å². The van der Waals surface area contributed by atoms with Crippen LogP contribution in [-0.4, -0.2) is 9.38 Å². The van der Waals surface area contributed by atoms with Crippen LogP contribution in [0, 0.1) is 6.92 Å². The van der Waals surface area contributed by atoms with Gasteiger partial charge >= 0.3 is 0 Å². The Kier molecular flexibility index (Phi) is 3.55. The van der Waals surface area contributed by atoms with E-state index in [0.717, 1.165) is 22.7 Å². The highest BCUT2D eigenvalue weighted by atomic mass is 35.5. The molecule has 0 aliphatic rings. The number of halogens is 2. The minimum Gasteiger partial charge on any atom is -0.379 e. The second-order valence-corrected chi connectivity index (χ2v) is 5.37. The highest BCUT2D eigenvalue weighted by Crippen LogP contribution is 2.25. The van der Waals surface area contributed by atoms with Gasteiger partial charge in [-0.2, -0.15) is 0 Å². The number of nitrogens with zero attached hydrogens (tertiary/aromatic N) is 2. The van der Waals surface area contributed by atoms with Crippen molar-refractivity contribution in [2.24, 2.45) is 0 Å². The maximum absolute atomic E-state index is 6.01. The molecule has 0 aliphatic carbocycles. The first-order valence-corrected chi connectivity index (χ1v) is 7.02. The molecule has 0 radical (unpaired) electrons. The van der Waals surface area contributed by atoms with Gasteiger partial charge in [-0.25, -0.2) is 4.98 Å². The molecule has 3 nitrogen and oxygen atoms in total. The molecular weight excluding hydrogens is 293 g/mol. The third-order valence-corrected chi connectivity index (χ3v) is 3.95. The Labute approximate surface area is 127 Å². The van der Waals surface area contributed by atoms with Gasteiger partial charge in [-0.15, -0.1) is 0 Å². The molecule has 3 aromatic rings. The van der Waals surface area contributed by atoms with Gasteiger partial charge in [0.05, 0.1) is 28.0 Å². The normalized spacial score (nSPS) is 10.9. The summed E-state index contributed by atoms with van der Waals surface area (Å²) in [6, 6.07) is 11.5. The van der Waals surface area contributed by atoms with Crippen LogP contribution < -0.4 is 5.32 Å². The number of anilines is 1. The summed E-state index contributed by atoms with van der Waals surface area (Å²) >= 11 is 11.9. The number of pyridine rings is 1. The van der Waals surface area contributed by atoms with Crippen LogP contribution in [0.25, 0.3) is 5.65 Å². The molecule has 2 aromatic heterocycles. The molecule has 0 aliphatic heterocycles. The van der Waals surface area contributed by atoms with Crippen molar-refractivity contribution in [3.8, 4) is 0 Å². The minimum absolute atomic E-state index is 0.548. The standard InChI is InChI=1S/C15H13Cl2N3/c1-10-14(20-7-3-2-4-15(20)19-10)9-18-11-5-6-12(16)13(17)8-11/h2-8,18H,9H2,1H3. The van der Waals surface area contributed by atoms with E-state index in [9.17, 15) is 0 Å². The Morgan fingerprint density at radius 1 is 1.15 bits per heavy atom. The van der Waals surface area contributed by atoms with Crippen molar-refractivity contribution < 1.29 is 0 Å². The van der Waals surface area contributed by atoms with Crippen molar-refractivity contribution in [2.75, 3.05) is 5.32 Å². The van der Waals surface area contributed by atoms with Gasteiger partial charge in [0, 0.05) is 11.9 Å². The highest BCUT2D eigenvalue weighted by Gasteiger charge is 2.08. The monoisotopic (exact) mass is 305 g/mol. The van der Waals surface area contributed by atoms with E-state index in [1.807, 2.05) is 43.5 Å².